The Morgan fingerprint density at radius 2 is 2.00 bits per heavy atom. The fourth-order valence-electron chi connectivity index (χ4n) is 4.38. The maximum atomic E-state index is 12.7. The average Bonchev–Trinajstić information content (AvgIpc) is 3.54. The molecule has 8 heteroatoms. The van der Waals surface area contributed by atoms with E-state index in [1.165, 1.54) is 0 Å². The van der Waals surface area contributed by atoms with Crippen LogP contribution >= 0.6 is 0 Å². The molecule has 2 unspecified atom stereocenters. The van der Waals surface area contributed by atoms with Crippen molar-refractivity contribution in [2.75, 3.05) is 29.9 Å². The van der Waals surface area contributed by atoms with Gasteiger partial charge in [-0.1, -0.05) is 30.3 Å². The first-order valence-electron chi connectivity index (χ1n) is 11.2. The van der Waals surface area contributed by atoms with Crippen LogP contribution in [0.15, 0.2) is 67.3 Å². The van der Waals surface area contributed by atoms with E-state index in [1.54, 1.807) is 12.5 Å². The van der Waals surface area contributed by atoms with Gasteiger partial charge in [-0.15, -0.1) is 0 Å². The molecular weight excluding hydrogens is 414 g/mol. The summed E-state index contributed by atoms with van der Waals surface area (Å²) in [6.45, 7) is 3.75. The highest BCUT2D eigenvalue weighted by Crippen LogP contribution is 2.28. The van der Waals surface area contributed by atoms with E-state index in [0.717, 1.165) is 47.7 Å². The first kappa shape index (κ1) is 20.9. The quantitative estimate of drug-likeness (QED) is 0.476. The number of hydrogen-bond donors (Lipinski definition) is 2. The Morgan fingerprint density at radius 1 is 1.15 bits per heavy atom. The predicted molar refractivity (Wildman–Crippen MR) is 129 cm³/mol. The van der Waals surface area contributed by atoms with Crippen molar-refractivity contribution in [3.8, 4) is 0 Å². The molecule has 33 heavy (non-hydrogen) atoms. The lowest BCUT2D eigenvalue weighted by molar-refractivity contribution is 0.0939. The zero-order valence-electron chi connectivity index (χ0n) is 18.8. The molecule has 3 aromatic heterocycles. The van der Waals surface area contributed by atoms with Gasteiger partial charge >= 0.3 is 0 Å². The molecule has 0 bridgehead atoms. The van der Waals surface area contributed by atoms with Crippen LogP contribution in [-0.2, 0) is 0 Å². The lowest BCUT2D eigenvalue weighted by Gasteiger charge is -2.26. The number of aromatic nitrogens is 4. The number of likely N-dealkylation sites (N-methyl/N-ethyl adjacent to an activating group) is 1. The third-order valence-corrected chi connectivity index (χ3v) is 6.36. The fraction of sp³-hybridized carbons (Fsp3) is 0.280. The van der Waals surface area contributed by atoms with Crippen molar-refractivity contribution in [1.82, 2.24) is 25.3 Å². The van der Waals surface area contributed by atoms with E-state index in [1.807, 2.05) is 61.7 Å². The van der Waals surface area contributed by atoms with Gasteiger partial charge in [-0.25, -0.2) is 15.0 Å². The smallest absolute Gasteiger partial charge is 0.253 e. The van der Waals surface area contributed by atoms with Gasteiger partial charge in [-0.05, 0) is 37.1 Å². The molecule has 0 spiro atoms. The van der Waals surface area contributed by atoms with Crippen molar-refractivity contribution < 1.29 is 4.79 Å². The second-order valence-electron chi connectivity index (χ2n) is 8.45. The number of H-pyrrole nitrogens is 1. The van der Waals surface area contributed by atoms with Crippen LogP contribution in [0, 0.1) is 0 Å². The fourth-order valence-corrected chi connectivity index (χ4v) is 4.38. The van der Waals surface area contributed by atoms with Gasteiger partial charge in [0.15, 0.2) is 0 Å². The Bertz CT molecular complexity index is 1240. The first-order valence-corrected chi connectivity index (χ1v) is 11.2. The molecule has 1 fully saturated rings. The van der Waals surface area contributed by atoms with Gasteiger partial charge in [0.25, 0.3) is 5.91 Å². The molecule has 8 nitrogen and oxygen atoms in total. The van der Waals surface area contributed by atoms with E-state index in [0.29, 0.717) is 11.6 Å². The highest BCUT2D eigenvalue weighted by molar-refractivity contribution is 5.94. The van der Waals surface area contributed by atoms with Crippen molar-refractivity contribution in [2.24, 2.45) is 0 Å². The predicted octanol–water partition coefficient (Wildman–Crippen LogP) is 3.56. The number of rotatable bonds is 6. The number of anilines is 2. The topological polar surface area (TPSA) is 90.0 Å². The number of aromatic amines is 1. The van der Waals surface area contributed by atoms with Crippen LogP contribution < -0.4 is 15.1 Å². The summed E-state index contributed by atoms with van der Waals surface area (Å²) in [5, 5.41) is 4.08. The van der Waals surface area contributed by atoms with E-state index in [9.17, 15) is 4.79 Å². The summed E-state index contributed by atoms with van der Waals surface area (Å²) in [5.41, 5.74) is 2.48. The van der Waals surface area contributed by atoms with Crippen molar-refractivity contribution in [2.45, 2.75) is 25.4 Å². The number of nitrogens with one attached hydrogen (secondary N) is 2. The molecule has 1 amide bonds. The summed E-state index contributed by atoms with van der Waals surface area (Å²) >= 11 is 0. The lowest BCUT2D eigenvalue weighted by Crippen LogP contribution is -2.35. The van der Waals surface area contributed by atoms with Crippen molar-refractivity contribution >= 4 is 28.6 Å². The molecule has 1 aliphatic heterocycles. The molecule has 0 aliphatic carbocycles. The van der Waals surface area contributed by atoms with Crippen LogP contribution in [0.25, 0.3) is 11.0 Å². The van der Waals surface area contributed by atoms with Crippen molar-refractivity contribution in [3.05, 3.63) is 78.4 Å². The molecule has 168 valence electrons. The molecule has 4 aromatic rings. The molecule has 2 N–H and O–H groups in total. The van der Waals surface area contributed by atoms with Crippen molar-refractivity contribution in [3.63, 3.8) is 0 Å². The first-order chi connectivity index (χ1) is 16.1. The van der Waals surface area contributed by atoms with E-state index >= 15 is 0 Å². The number of pyridine rings is 1. The summed E-state index contributed by atoms with van der Waals surface area (Å²) in [6.07, 6.45) is 6.16. The zero-order valence-corrected chi connectivity index (χ0v) is 18.8. The molecule has 4 heterocycles. The minimum Gasteiger partial charge on any atom is -0.355 e. The number of amides is 1. The third kappa shape index (κ3) is 4.24. The van der Waals surface area contributed by atoms with Crippen molar-refractivity contribution in [1.29, 1.82) is 0 Å². The number of fused-ring (bicyclic) bond motifs is 1. The van der Waals surface area contributed by atoms with Gasteiger partial charge in [0, 0.05) is 38.6 Å². The monoisotopic (exact) mass is 441 g/mol. The zero-order chi connectivity index (χ0) is 22.8. The maximum absolute atomic E-state index is 12.7. The van der Waals surface area contributed by atoms with Gasteiger partial charge in [0.2, 0.25) is 0 Å². The molecular formula is C25H27N7O. The normalized spacial score (nSPS) is 16.7. The Hall–Kier alpha value is -3.94. The summed E-state index contributed by atoms with van der Waals surface area (Å²) in [7, 11) is 2.06. The van der Waals surface area contributed by atoms with Gasteiger partial charge in [-0.2, -0.15) is 0 Å². The third-order valence-electron chi connectivity index (χ3n) is 6.36. The molecule has 1 aromatic carbocycles. The number of nitrogens with zero attached hydrogens (tertiary/aromatic N) is 5. The van der Waals surface area contributed by atoms with Gasteiger partial charge < -0.3 is 20.1 Å². The van der Waals surface area contributed by atoms with Gasteiger partial charge in [-0.3, -0.25) is 4.79 Å². The highest BCUT2D eigenvalue weighted by Gasteiger charge is 2.28. The molecule has 2 atom stereocenters. The second kappa shape index (κ2) is 8.90. The molecule has 5 rings (SSSR count). The lowest BCUT2D eigenvalue weighted by atomic mass is 10.1. The standard InChI is InChI=1S/C25H27N7O/c1-17(18-6-4-3-5-7-18)30-25(33)19-8-9-22(27-14-19)31(2)20-11-13-32(15-20)24-21-10-12-26-23(21)28-16-29-24/h3-10,12,14,16-17,20H,11,13,15H2,1-2H3,(H,30,33)(H,26,28,29). The van der Waals surface area contributed by atoms with Crippen LogP contribution in [0.5, 0.6) is 0 Å². The maximum Gasteiger partial charge on any atom is 0.253 e. The SMILES string of the molecule is CC(NC(=O)c1ccc(N(C)C2CCN(c3ncnc4[nH]ccc34)C2)nc1)c1ccccc1. The van der Waals surface area contributed by atoms with E-state index in [4.69, 9.17) is 0 Å². The van der Waals surface area contributed by atoms with Crippen LogP contribution in [0.4, 0.5) is 11.6 Å². The number of carbonyl (C=O) groups excluding carboxylic acids is 1. The van der Waals surface area contributed by atoms with Gasteiger partial charge in [0.05, 0.1) is 17.0 Å². The van der Waals surface area contributed by atoms with E-state index in [-0.39, 0.29) is 11.9 Å². The second-order valence-corrected chi connectivity index (χ2v) is 8.45. The van der Waals surface area contributed by atoms with Crippen LogP contribution in [-0.4, -0.2) is 52.0 Å². The Kier molecular flexibility index (Phi) is 5.64. The number of carbonyl (C=O) groups is 1. The molecule has 0 radical (unpaired) electrons. The van der Waals surface area contributed by atoms with Crippen LogP contribution in [0.3, 0.4) is 0 Å². The van der Waals surface area contributed by atoms with Gasteiger partial charge in [0.1, 0.15) is 23.6 Å². The summed E-state index contributed by atoms with van der Waals surface area (Å²) in [4.78, 5) is 33.7. The average molecular weight is 442 g/mol. The Balaban J connectivity index is 1.23. The Labute approximate surface area is 192 Å². The molecule has 0 saturated carbocycles. The summed E-state index contributed by atoms with van der Waals surface area (Å²) < 4.78 is 0. The molecule has 1 saturated heterocycles. The summed E-state index contributed by atoms with van der Waals surface area (Å²) in [5.74, 6) is 1.69. The number of hydrogen-bond acceptors (Lipinski definition) is 6. The minimum atomic E-state index is -0.126. The van der Waals surface area contributed by atoms with Crippen LogP contribution in [0.1, 0.15) is 35.3 Å². The van der Waals surface area contributed by atoms with E-state index in [2.05, 4.69) is 42.1 Å². The molecule has 1 aliphatic rings. The number of benzene rings is 1. The van der Waals surface area contributed by atoms with E-state index < -0.39 is 0 Å². The Morgan fingerprint density at radius 3 is 2.79 bits per heavy atom. The summed E-state index contributed by atoms with van der Waals surface area (Å²) in [6, 6.07) is 15.9. The highest BCUT2D eigenvalue weighted by atomic mass is 16.1. The van der Waals surface area contributed by atoms with Crippen LogP contribution in [0.2, 0.25) is 0 Å². The minimum absolute atomic E-state index is 0.0705. The largest absolute Gasteiger partial charge is 0.355 e.